The number of hydrogen-bond donors (Lipinski definition) is 1. The van der Waals surface area contributed by atoms with Gasteiger partial charge in [0.15, 0.2) is 0 Å². The van der Waals surface area contributed by atoms with Crippen molar-refractivity contribution >= 4 is 11.6 Å². The first-order valence-corrected chi connectivity index (χ1v) is 7.97. The summed E-state index contributed by atoms with van der Waals surface area (Å²) in [6, 6.07) is 14.4. The summed E-state index contributed by atoms with van der Waals surface area (Å²) in [7, 11) is 0. The van der Waals surface area contributed by atoms with Gasteiger partial charge in [-0.1, -0.05) is 38.6 Å². The molecule has 2 aromatic rings. The highest BCUT2D eigenvalue weighted by molar-refractivity contribution is 6.05. The Morgan fingerprint density at radius 1 is 1.12 bits per heavy atom. The second-order valence-corrected chi connectivity index (χ2v) is 5.78. The van der Waals surface area contributed by atoms with E-state index in [0.29, 0.717) is 41.9 Å². The molecule has 0 radical (unpaired) electrons. The van der Waals surface area contributed by atoms with Crippen molar-refractivity contribution in [2.75, 3.05) is 18.5 Å². The van der Waals surface area contributed by atoms with Gasteiger partial charge in [0.1, 0.15) is 18.1 Å². The molecule has 0 aliphatic heterocycles. The van der Waals surface area contributed by atoms with Gasteiger partial charge in [0.2, 0.25) is 0 Å². The molecule has 0 aliphatic rings. The zero-order valence-corrected chi connectivity index (χ0v) is 14.1. The summed E-state index contributed by atoms with van der Waals surface area (Å²) in [4.78, 5) is 12.4. The van der Waals surface area contributed by atoms with E-state index in [1.165, 1.54) is 0 Å². The number of ether oxygens (including phenoxy) is 2. The number of nitrogens with one attached hydrogen (secondary N) is 1. The van der Waals surface area contributed by atoms with E-state index in [2.05, 4.69) is 25.7 Å². The lowest BCUT2D eigenvalue weighted by Crippen LogP contribution is -2.13. The van der Waals surface area contributed by atoms with Crippen LogP contribution in [0.1, 0.15) is 24.2 Å². The fraction of sp³-hybridized carbons (Fsp3) is 0.250. The molecule has 0 aromatic heterocycles. The van der Waals surface area contributed by atoms with E-state index in [1.807, 2.05) is 24.3 Å². The van der Waals surface area contributed by atoms with Gasteiger partial charge in [-0.25, -0.2) is 0 Å². The van der Waals surface area contributed by atoms with Crippen molar-refractivity contribution in [3.8, 4) is 11.5 Å². The molecule has 0 bridgehead atoms. The molecule has 0 heterocycles. The van der Waals surface area contributed by atoms with E-state index in [9.17, 15) is 4.79 Å². The Morgan fingerprint density at radius 2 is 1.83 bits per heavy atom. The molecular formula is C20H23NO3. The Labute approximate surface area is 143 Å². The van der Waals surface area contributed by atoms with Crippen molar-refractivity contribution in [1.29, 1.82) is 0 Å². The van der Waals surface area contributed by atoms with Crippen molar-refractivity contribution < 1.29 is 14.3 Å². The molecule has 0 saturated carbocycles. The first-order chi connectivity index (χ1) is 11.6. The smallest absolute Gasteiger partial charge is 0.255 e. The van der Waals surface area contributed by atoms with Gasteiger partial charge in [-0.15, -0.1) is 0 Å². The SMILES string of the molecule is C=CCOc1ccc(C(=O)Nc2ccccc2OCC(C)C)cc1. The van der Waals surface area contributed by atoms with Gasteiger partial charge in [0, 0.05) is 5.56 Å². The van der Waals surface area contributed by atoms with Gasteiger partial charge < -0.3 is 14.8 Å². The molecule has 1 N–H and O–H groups in total. The van der Waals surface area contributed by atoms with Crippen LogP contribution in [0.4, 0.5) is 5.69 Å². The molecule has 24 heavy (non-hydrogen) atoms. The largest absolute Gasteiger partial charge is 0.491 e. The number of hydrogen-bond acceptors (Lipinski definition) is 3. The highest BCUT2D eigenvalue weighted by Gasteiger charge is 2.10. The van der Waals surface area contributed by atoms with Crippen molar-refractivity contribution in [2.24, 2.45) is 5.92 Å². The Hall–Kier alpha value is -2.75. The van der Waals surface area contributed by atoms with Crippen LogP contribution in [0.5, 0.6) is 11.5 Å². The average Bonchev–Trinajstić information content (AvgIpc) is 2.59. The molecule has 0 unspecified atom stereocenters. The Balaban J connectivity index is 2.05. The molecular weight excluding hydrogens is 302 g/mol. The number of amides is 1. The van der Waals surface area contributed by atoms with Crippen molar-refractivity contribution in [1.82, 2.24) is 0 Å². The first kappa shape index (κ1) is 17.6. The molecule has 1 amide bonds. The molecule has 2 rings (SSSR count). The zero-order valence-electron chi connectivity index (χ0n) is 14.1. The van der Waals surface area contributed by atoms with E-state index < -0.39 is 0 Å². The van der Waals surface area contributed by atoms with Crippen LogP contribution < -0.4 is 14.8 Å². The third-order valence-electron chi connectivity index (χ3n) is 3.19. The Bertz CT molecular complexity index is 678. The summed E-state index contributed by atoms with van der Waals surface area (Å²) < 4.78 is 11.2. The topological polar surface area (TPSA) is 47.6 Å². The molecule has 0 spiro atoms. The summed E-state index contributed by atoms with van der Waals surface area (Å²) in [5.74, 6) is 1.60. The number of rotatable bonds is 8. The number of anilines is 1. The molecule has 0 aliphatic carbocycles. The third-order valence-corrected chi connectivity index (χ3v) is 3.19. The van der Waals surface area contributed by atoms with Crippen LogP contribution in [0.25, 0.3) is 0 Å². The number of para-hydroxylation sites is 2. The minimum atomic E-state index is -0.189. The van der Waals surface area contributed by atoms with Crippen LogP contribution in [-0.4, -0.2) is 19.1 Å². The van der Waals surface area contributed by atoms with Gasteiger partial charge in [-0.2, -0.15) is 0 Å². The van der Waals surface area contributed by atoms with Crippen molar-refractivity contribution in [2.45, 2.75) is 13.8 Å². The summed E-state index contributed by atoms with van der Waals surface area (Å²) in [5, 5.41) is 2.89. The maximum absolute atomic E-state index is 12.4. The van der Waals surface area contributed by atoms with Crippen LogP contribution in [0.3, 0.4) is 0 Å². The second kappa shape index (κ2) is 8.77. The molecule has 2 aromatic carbocycles. The predicted molar refractivity (Wildman–Crippen MR) is 96.9 cm³/mol. The monoisotopic (exact) mass is 325 g/mol. The lowest BCUT2D eigenvalue weighted by molar-refractivity contribution is 0.102. The first-order valence-electron chi connectivity index (χ1n) is 7.97. The van der Waals surface area contributed by atoms with Crippen molar-refractivity contribution in [3.05, 3.63) is 66.7 Å². The number of carbonyl (C=O) groups excluding carboxylic acids is 1. The Morgan fingerprint density at radius 3 is 2.50 bits per heavy atom. The van der Waals surface area contributed by atoms with Crippen LogP contribution >= 0.6 is 0 Å². The highest BCUT2D eigenvalue weighted by Crippen LogP contribution is 2.25. The predicted octanol–water partition coefficient (Wildman–Crippen LogP) is 4.54. The van der Waals surface area contributed by atoms with Crippen LogP contribution in [0, 0.1) is 5.92 Å². The maximum atomic E-state index is 12.4. The van der Waals surface area contributed by atoms with E-state index in [0.717, 1.165) is 0 Å². The van der Waals surface area contributed by atoms with Crippen LogP contribution in [0.2, 0.25) is 0 Å². The van der Waals surface area contributed by atoms with Crippen LogP contribution in [0.15, 0.2) is 61.2 Å². The van der Waals surface area contributed by atoms with Crippen molar-refractivity contribution in [3.63, 3.8) is 0 Å². The standard InChI is InChI=1S/C20H23NO3/c1-4-13-23-17-11-9-16(10-12-17)20(22)21-18-7-5-6-8-19(18)24-14-15(2)3/h4-12,15H,1,13-14H2,2-3H3,(H,21,22). The minimum Gasteiger partial charge on any atom is -0.491 e. The highest BCUT2D eigenvalue weighted by atomic mass is 16.5. The normalized spacial score (nSPS) is 10.3. The van der Waals surface area contributed by atoms with E-state index in [4.69, 9.17) is 9.47 Å². The van der Waals surface area contributed by atoms with Crippen LogP contribution in [-0.2, 0) is 0 Å². The molecule has 126 valence electrons. The summed E-state index contributed by atoms with van der Waals surface area (Å²) in [6.07, 6.45) is 1.68. The summed E-state index contributed by atoms with van der Waals surface area (Å²) in [5.41, 5.74) is 1.22. The fourth-order valence-electron chi connectivity index (χ4n) is 2.00. The van der Waals surface area contributed by atoms with Gasteiger partial charge in [-0.3, -0.25) is 4.79 Å². The number of carbonyl (C=O) groups is 1. The quantitative estimate of drug-likeness (QED) is 0.725. The molecule has 0 atom stereocenters. The summed E-state index contributed by atoms with van der Waals surface area (Å²) in [6.45, 7) is 8.80. The number of benzene rings is 2. The van der Waals surface area contributed by atoms with E-state index in [-0.39, 0.29) is 5.91 Å². The molecule has 4 heteroatoms. The molecule has 0 saturated heterocycles. The van der Waals surface area contributed by atoms with Gasteiger partial charge in [0.25, 0.3) is 5.91 Å². The Kier molecular flexibility index (Phi) is 6.43. The minimum absolute atomic E-state index is 0.189. The van der Waals surface area contributed by atoms with Gasteiger partial charge in [-0.05, 0) is 42.3 Å². The zero-order chi connectivity index (χ0) is 17.4. The third kappa shape index (κ3) is 5.16. The van der Waals surface area contributed by atoms with Gasteiger partial charge >= 0.3 is 0 Å². The molecule has 4 nitrogen and oxygen atoms in total. The lowest BCUT2D eigenvalue weighted by Gasteiger charge is -2.14. The summed E-state index contributed by atoms with van der Waals surface area (Å²) >= 11 is 0. The average molecular weight is 325 g/mol. The van der Waals surface area contributed by atoms with E-state index >= 15 is 0 Å². The van der Waals surface area contributed by atoms with Gasteiger partial charge in [0.05, 0.1) is 12.3 Å². The molecule has 0 fully saturated rings. The second-order valence-electron chi connectivity index (χ2n) is 5.78. The fourth-order valence-corrected chi connectivity index (χ4v) is 2.00. The lowest BCUT2D eigenvalue weighted by atomic mass is 10.2. The van der Waals surface area contributed by atoms with E-state index in [1.54, 1.807) is 30.3 Å². The maximum Gasteiger partial charge on any atom is 0.255 e.